The first-order valence-corrected chi connectivity index (χ1v) is 13.8. The van der Waals surface area contributed by atoms with Crippen LogP contribution in [0.1, 0.15) is 56.6 Å². The highest BCUT2D eigenvalue weighted by atomic mass is 16.5. The minimum atomic E-state index is -0.373. The van der Waals surface area contributed by atoms with Crippen molar-refractivity contribution in [3.8, 4) is 11.5 Å². The molecule has 0 spiro atoms. The number of methoxy groups -OCH3 is 2. The summed E-state index contributed by atoms with van der Waals surface area (Å²) in [5.41, 5.74) is 3.60. The number of anilines is 3. The zero-order chi connectivity index (χ0) is 29.1. The van der Waals surface area contributed by atoms with Crippen LogP contribution in [0.4, 0.5) is 17.3 Å². The lowest BCUT2D eigenvalue weighted by Crippen LogP contribution is -2.41. The number of aryl methyl sites for hydroxylation is 2. The van der Waals surface area contributed by atoms with Crippen LogP contribution in [-0.2, 0) is 33.0 Å². The van der Waals surface area contributed by atoms with Crippen LogP contribution in [0.2, 0.25) is 0 Å². The Kier molecular flexibility index (Phi) is 8.61. The van der Waals surface area contributed by atoms with Gasteiger partial charge >= 0.3 is 5.69 Å². The van der Waals surface area contributed by atoms with Crippen LogP contribution in [0.15, 0.2) is 40.1 Å². The Labute approximate surface area is 235 Å². The lowest BCUT2D eigenvalue weighted by molar-refractivity contribution is 0.351. The van der Waals surface area contributed by atoms with Gasteiger partial charge in [0.1, 0.15) is 17.7 Å². The van der Waals surface area contributed by atoms with Gasteiger partial charge in [0.05, 0.1) is 19.9 Å². The summed E-state index contributed by atoms with van der Waals surface area (Å²) < 4.78 is 15.9. The largest absolute Gasteiger partial charge is 0.493 e. The van der Waals surface area contributed by atoms with Crippen LogP contribution in [-0.4, -0.2) is 40.2 Å². The maximum Gasteiger partial charge on any atom is 0.332 e. The van der Waals surface area contributed by atoms with E-state index in [-0.39, 0.29) is 17.4 Å². The van der Waals surface area contributed by atoms with Crippen molar-refractivity contribution in [1.82, 2.24) is 18.9 Å². The quantitative estimate of drug-likeness (QED) is 0.349. The van der Waals surface area contributed by atoms with Crippen LogP contribution >= 0.6 is 0 Å². The van der Waals surface area contributed by atoms with E-state index in [1.807, 2.05) is 45.0 Å². The van der Waals surface area contributed by atoms with E-state index >= 15 is 0 Å². The number of allylic oxidation sites excluding steroid dienone is 1. The van der Waals surface area contributed by atoms with Crippen molar-refractivity contribution >= 4 is 17.3 Å². The lowest BCUT2D eigenvalue weighted by Gasteiger charge is -2.23. The lowest BCUT2D eigenvalue weighted by atomic mass is 10.0. The van der Waals surface area contributed by atoms with Crippen LogP contribution < -0.4 is 36.3 Å². The van der Waals surface area contributed by atoms with Crippen molar-refractivity contribution < 1.29 is 9.47 Å². The van der Waals surface area contributed by atoms with Gasteiger partial charge in [-0.15, -0.1) is 0 Å². The van der Waals surface area contributed by atoms with Gasteiger partial charge < -0.3 is 25.0 Å². The Hall–Kier alpha value is -4.15. The zero-order valence-electron chi connectivity index (χ0n) is 24.6. The third-order valence-corrected chi connectivity index (χ3v) is 7.21. The third kappa shape index (κ3) is 5.20. The standard InChI is InChI=1S/C29H41N7O4/c1-9-12-35-27-24(28(37)36(13-10-2)29(35)38)31-26(33(27)5)21-17-23(32-34(21)6)30-18(4)14-19-15-20(11-3)25(40-8)22(16-19)39-7/h15-17,26,31H,4,9-14H2,1-3,5-8H3,(H,30,32). The molecule has 1 aliphatic heterocycles. The van der Waals surface area contributed by atoms with Gasteiger partial charge in [0.15, 0.2) is 17.3 Å². The van der Waals surface area contributed by atoms with Crippen molar-refractivity contribution in [3.05, 3.63) is 68.1 Å². The summed E-state index contributed by atoms with van der Waals surface area (Å²) in [5.74, 6) is 2.69. The highest BCUT2D eigenvalue weighted by molar-refractivity contribution is 5.72. The van der Waals surface area contributed by atoms with Crippen LogP contribution in [0.3, 0.4) is 0 Å². The van der Waals surface area contributed by atoms with Gasteiger partial charge in [-0.1, -0.05) is 33.4 Å². The third-order valence-electron chi connectivity index (χ3n) is 7.21. The van der Waals surface area contributed by atoms with Gasteiger partial charge in [-0.05, 0) is 36.5 Å². The predicted octanol–water partition coefficient (Wildman–Crippen LogP) is 3.87. The first kappa shape index (κ1) is 28.8. The summed E-state index contributed by atoms with van der Waals surface area (Å²) in [5, 5.41) is 11.4. The van der Waals surface area contributed by atoms with Crippen LogP contribution in [0.5, 0.6) is 11.5 Å². The first-order valence-electron chi connectivity index (χ1n) is 13.8. The fourth-order valence-corrected chi connectivity index (χ4v) is 5.40. The monoisotopic (exact) mass is 551 g/mol. The molecule has 0 radical (unpaired) electrons. The number of nitrogens with one attached hydrogen (secondary N) is 2. The Morgan fingerprint density at radius 2 is 1.75 bits per heavy atom. The Morgan fingerprint density at radius 1 is 1.05 bits per heavy atom. The normalized spacial score (nSPS) is 14.2. The van der Waals surface area contributed by atoms with Gasteiger partial charge in [0, 0.05) is 45.4 Å². The van der Waals surface area contributed by atoms with E-state index < -0.39 is 0 Å². The van der Waals surface area contributed by atoms with Crippen molar-refractivity contribution in [2.75, 3.05) is 36.8 Å². The number of rotatable bonds is 12. The molecule has 1 aromatic carbocycles. The average molecular weight is 552 g/mol. The second kappa shape index (κ2) is 11.9. The fraction of sp³-hybridized carbons (Fsp3) is 0.483. The Morgan fingerprint density at radius 3 is 2.38 bits per heavy atom. The molecule has 40 heavy (non-hydrogen) atoms. The van der Waals surface area contributed by atoms with Gasteiger partial charge in [0.2, 0.25) is 0 Å². The molecule has 11 nitrogen and oxygen atoms in total. The van der Waals surface area contributed by atoms with Crippen LogP contribution in [0.25, 0.3) is 0 Å². The molecule has 0 fully saturated rings. The summed E-state index contributed by atoms with van der Waals surface area (Å²) in [6.07, 6.45) is 2.49. The molecule has 2 N–H and O–H groups in total. The minimum Gasteiger partial charge on any atom is -0.493 e. The van der Waals surface area contributed by atoms with E-state index in [9.17, 15) is 9.59 Å². The second-order valence-electron chi connectivity index (χ2n) is 10.1. The number of fused-ring (bicyclic) bond motifs is 1. The van der Waals surface area contributed by atoms with E-state index in [4.69, 9.17) is 9.47 Å². The molecule has 216 valence electrons. The van der Waals surface area contributed by atoms with Gasteiger partial charge in [-0.25, -0.2) is 4.79 Å². The molecule has 11 heteroatoms. The van der Waals surface area contributed by atoms with E-state index in [0.29, 0.717) is 49.0 Å². The highest BCUT2D eigenvalue weighted by Crippen LogP contribution is 2.38. The summed E-state index contributed by atoms with van der Waals surface area (Å²) in [4.78, 5) is 28.4. The Balaban J connectivity index is 1.59. The summed E-state index contributed by atoms with van der Waals surface area (Å²) in [6, 6.07) is 6.00. The molecule has 3 heterocycles. The summed E-state index contributed by atoms with van der Waals surface area (Å²) in [7, 11) is 7.03. The maximum absolute atomic E-state index is 13.3. The summed E-state index contributed by atoms with van der Waals surface area (Å²) >= 11 is 0. The topological polar surface area (TPSA) is 108 Å². The molecule has 3 aromatic rings. The molecule has 0 amide bonds. The zero-order valence-corrected chi connectivity index (χ0v) is 24.6. The van der Waals surface area contributed by atoms with E-state index in [2.05, 4.69) is 35.3 Å². The first-order chi connectivity index (χ1) is 19.2. The van der Waals surface area contributed by atoms with E-state index in [1.54, 1.807) is 23.5 Å². The number of ether oxygens (including phenoxy) is 2. The number of aromatic nitrogens is 4. The molecule has 0 bridgehead atoms. The maximum atomic E-state index is 13.3. The van der Waals surface area contributed by atoms with Gasteiger partial charge in [0.25, 0.3) is 5.56 Å². The Bertz CT molecular complexity index is 1490. The minimum absolute atomic E-state index is 0.271. The van der Waals surface area contributed by atoms with Gasteiger partial charge in [-0.3, -0.25) is 18.6 Å². The molecule has 1 atom stereocenters. The molecule has 4 rings (SSSR count). The van der Waals surface area contributed by atoms with E-state index in [0.717, 1.165) is 41.1 Å². The molecule has 0 saturated heterocycles. The molecule has 0 aliphatic carbocycles. The highest BCUT2D eigenvalue weighted by Gasteiger charge is 2.35. The number of hydrogen-bond donors (Lipinski definition) is 2. The smallest absolute Gasteiger partial charge is 0.332 e. The molecule has 2 aromatic heterocycles. The second-order valence-corrected chi connectivity index (χ2v) is 10.1. The number of nitrogens with zero attached hydrogens (tertiary/aromatic N) is 5. The fourth-order valence-electron chi connectivity index (χ4n) is 5.40. The van der Waals surface area contributed by atoms with Crippen molar-refractivity contribution in [3.63, 3.8) is 0 Å². The predicted molar refractivity (Wildman–Crippen MR) is 159 cm³/mol. The average Bonchev–Trinajstić information content (AvgIpc) is 3.46. The van der Waals surface area contributed by atoms with Crippen molar-refractivity contribution in [1.29, 1.82) is 0 Å². The molecule has 0 saturated carbocycles. The number of hydrogen-bond acceptors (Lipinski definition) is 8. The summed E-state index contributed by atoms with van der Waals surface area (Å²) in [6.45, 7) is 11.2. The van der Waals surface area contributed by atoms with Gasteiger partial charge in [-0.2, -0.15) is 5.10 Å². The molecular weight excluding hydrogens is 510 g/mol. The van der Waals surface area contributed by atoms with Crippen molar-refractivity contribution in [2.24, 2.45) is 7.05 Å². The SMILES string of the molecule is C=C(Cc1cc(CC)c(OC)c(OC)c1)Nc1cc(C2Nc3c(n(CCC)c(=O)n(CCC)c3=O)N2C)n(C)n1. The van der Waals surface area contributed by atoms with E-state index in [1.165, 1.54) is 4.57 Å². The number of benzene rings is 1. The molecular formula is C29H41N7O4. The molecule has 1 aliphatic rings. The van der Waals surface area contributed by atoms with Crippen LogP contribution in [0, 0.1) is 0 Å². The molecule has 1 unspecified atom stereocenters. The van der Waals surface area contributed by atoms with Crippen molar-refractivity contribution in [2.45, 2.75) is 65.7 Å².